The second-order valence-corrected chi connectivity index (χ2v) is 7.32. The fourth-order valence-corrected chi connectivity index (χ4v) is 3.94. The normalized spacial score (nSPS) is 17.5. The summed E-state index contributed by atoms with van der Waals surface area (Å²) in [6.07, 6.45) is 7.05. The van der Waals surface area contributed by atoms with Gasteiger partial charge in [-0.05, 0) is 55.6 Å². The molecule has 1 atom stereocenters. The number of hydrogen-bond acceptors (Lipinski definition) is 5. The highest BCUT2D eigenvalue weighted by Crippen LogP contribution is 2.33. The van der Waals surface area contributed by atoms with Gasteiger partial charge in [0, 0.05) is 36.5 Å². The van der Waals surface area contributed by atoms with Crippen LogP contribution in [0.5, 0.6) is 5.75 Å². The van der Waals surface area contributed by atoms with Crippen molar-refractivity contribution in [2.45, 2.75) is 25.2 Å². The summed E-state index contributed by atoms with van der Waals surface area (Å²) in [6, 6.07) is 13.9. The SMILES string of the molecule is Nc1cc(-c2cn[nH]c2[C@@H]2CCCN(CCCOc3ccccc3)C2)ccn1. The lowest BCUT2D eigenvalue weighted by Crippen LogP contribution is -2.35. The highest BCUT2D eigenvalue weighted by molar-refractivity contribution is 5.67. The van der Waals surface area contributed by atoms with Crippen LogP contribution in [0, 0.1) is 0 Å². The second kappa shape index (κ2) is 8.89. The van der Waals surface area contributed by atoms with E-state index in [4.69, 9.17) is 10.5 Å². The fraction of sp³-hybridized carbons (Fsp3) is 0.364. The van der Waals surface area contributed by atoms with Crippen molar-refractivity contribution in [2.75, 3.05) is 32.0 Å². The molecule has 0 saturated carbocycles. The molecule has 1 aromatic carbocycles. The molecule has 0 aliphatic carbocycles. The van der Waals surface area contributed by atoms with Crippen LogP contribution in [0.2, 0.25) is 0 Å². The first-order chi connectivity index (χ1) is 13.8. The summed E-state index contributed by atoms with van der Waals surface area (Å²) in [4.78, 5) is 6.63. The zero-order valence-corrected chi connectivity index (χ0v) is 16.1. The molecule has 2 aromatic heterocycles. The van der Waals surface area contributed by atoms with Crippen molar-refractivity contribution in [1.82, 2.24) is 20.1 Å². The number of piperidine rings is 1. The first-order valence-corrected chi connectivity index (χ1v) is 9.95. The number of aromatic amines is 1. The van der Waals surface area contributed by atoms with E-state index in [9.17, 15) is 0 Å². The first-order valence-electron chi connectivity index (χ1n) is 9.95. The number of anilines is 1. The van der Waals surface area contributed by atoms with Crippen molar-refractivity contribution in [3.05, 3.63) is 60.6 Å². The first kappa shape index (κ1) is 18.5. The van der Waals surface area contributed by atoms with Crippen LogP contribution in [0.1, 0.15) is 30.9 Å². The number of nitrogens with two attached hydrogens (primary N) is 1. The van der Waals surface area contributed by atoms with Crippen LogP contribution >= 0.6 is 0 Å². The summed E-state index contributed by atoms with van der Waals surface area (Å²) in [7, 11) is 0. The monoisotopic (exact) mass is 377 g/mol. The Hall–Kier alpha value is -2.86. The maximum atomic E-state index is 5.86. The molecule has 28 heavy (non-hydrogen) atoms. The number of ether oxygens (including phenoxy) is 1. The van der Waals surface area contributed by atoms with Crippen molar-refractivity contribution >= 4 is 5.82 Å². The van der Waals surface area contributed by atoms with Gasteiger partial charge >= 0.3 is 0 Å². The molecule has 6 heteroatoms. The fourth-order valence-electron chi connectivity index (χ4n) is 3.94. The van der Waals surface area contributed by atoms with Gasteiger partial charge in [0.05, 0.1) is 12.8 Å². The van der Waals surface area contributed by atoms with Crippen LogP contribution in [-0.4, -0.2) is 46.3 Å². The summed E-state index contributed by atoms with van der Waals surface area (Å²) in [6.45, 7) is 3.99. The quantitative estimate of drug-likeness (QED) is 0.614. The molecular weight excluding hydrogens is 350 g/mol. The van der Waals surface area contributed by atoms with Gasteiger partial charge in [0.2, 0.25) is 0 Å². The predicted molar refractivity (Wildman–Crippen MR) is 111 cm³/mol. The third-order valence-corrected chi connectivity index (χ3v) is 5.31. The Labute approximate surface area is 165 Å². The van der Waals surface area contributed by atoms with E-state index in [-0.39, 0.29) is 0 Å². The Balaban J connectivity index is 1.34. The van der Waals surface area contributed by atoms with Gasteiger partial charge < -0.3 is 15.4 Å². The van der Waals surface area contributed by atoms with Gasteiger partial charge in [0.25, 0.3) is 0 Å². The van der Waals surface area contributed by atoms with Gasteiger partial charge in [-0.1, -0.05) is 18.2 Å². The van der Waals surface area contributed by atoms with E-state index in [1.54, 1.807) is 6.20 Å². The third-order valence-electron chi connectivity index (χ3n) is 5.31. The molecule has 1 saturated heterocycles. The number of aromatic nitrogens is 3. The Morgan fingerprint density at radius 1 is 1.21 bits per heavy atom. The molecule has 0 spiro atoms. The van der Waals surface area contributed by atoms with Crippen LogP contribution in [0.15, 0.2) is 54.9 Å². The van der Waals surface area contributed by atoms with Crippen molar-refractivity contribution in [3.63, 3.8) is 0 Å². The Bertz CT molecular complexity index is 879. The minimum atomic E-state index is 0.454. The number of para-hydroxylation sites is 1. The van der Waals surface area contributed by atoms with E-state index in [1.807, 2.05) is 48.7 Å². The summed E-state index contributed by atoms with van der Waals surface area (Å²) in [5.74, 6) is 1.93. The molecule has 0 unspecified atom stereocenters. The van der Waals surface area contributed by atoms with E-state index in [0.29, 0.717) is 11.7 Å². The molecule has 0 amide bonds. The molecule has 6 nitrogen and oxygen atoms in total. The molecule has 3 N–H and O–H groups in total. The molecule has 1 aliphatic heterocycles. The van der Waals surface area contributed by atoms with E-state index in [0.717, 1.165) is 49.5 Å². The van der Waals surface area contributed by atoms with E-state index in [2.05, 4.69) is 20.1 Å². The predicted octanol–water partition coefficient (Wildman–Crippen LogP) is 3.70. The third kappa shape index (κ3) is 4.51. The average molecular weight is 377 g/mol. The Morgan fingerprint density at radius 3 is 2.96 bits per heavy atom. The number of rotatable bonds is 7. The summed E-state index contributed by atoms with van der Waals surface area (Å²) >= 11 is 0. The minimum absolute atomic E-state index is 0.454. The van der Waals surface area contributed by atoms with Crippen LogP contribution < -0.4 is 10.5 Å². The van der Waals surface area contributed by atoms with Crippen LogP contribution in [-0.2, 0) is 0 Å². The molecule has 1 aliphatic rings. The van der Waals surface area contributed by atoms with Gasteiger partial charge in [0.1, 0.15) is 11.6 Å². The van der Waals surface area contributed by atoms with Gasteiger partial charge in [-0.3, -0.25) is 5.10 Å². The zero-order chi connectivity index (χ0) is 19.2. The topological polar surface area (TPSA) is 80.1 Å². The molecule has 3 aromatic rings. The molecule has 4 rings (SSSR count). The lowest BCUT2D eigenvalue weighted by Gasteiger charge is -2.32. The number of pyridine rings is 1. The van der Waals surface area contributed by atoms with Crippen molar-refractivity contribution in [2.24, 2.45) is 0 Å². The van der Waals surface area contributed by atoms with Crippen LogP contribution in [0.3, 0.4) is 0 Å². The maximum Gasteiger partial charge on any atom is 0.123 e. The molecule has 146 valence electrons. The number of H-pyrrole nitrogens is 1. The van der Waals surface area contributed by atoms with Gasteiger partial charge in [0.15, 0.2) is 0 Å². The number of hydrogen-bond donors (Lipinski definition) is 2. The largest absolute Gasteiger partial charge is 0.494 e. The van der Waals surface area contributed by atoms with Crippen molar-refractivity contribution in [1.29, 1.82) is 0 Å². The highest BCUT2D eigenvalue weighted by atomic mass is 16.5. The molecule has 1 fully saturated rings. The number of nitrogens with zero attached hydrogens (tertiary/aromatic N) is 3. The number of benzene rings is 1. The lowest BCUT2D eigenvalue weighted by molar-refractivity contribution is 0.188. The van der Waals surface area contributed by atoms with Gasteiger partial charge in [-0.15, -0.1) is 0 Å². The maximum absolute atomic E-state index is 5.86. The summed E-state index contributed by atoms with van der Waals surface area (Å²) < 4.78 is 5.82. The standard InChI is InChI=1S/C22H27N5O/c23-21-14-17(9-10-24-21)20-15-25-26-22(20)18-6-4-11-27(16-18)12-5-13-28-19-7-2-1-3-8-19/h1-3,7-10,14-15,18H,4-6,11-13,16H2,(H2,23,24)(H,25,26)/t18-/m1/s1. The van der Waals surface area contributed by atoms with E-state index < -0.39 is 0 Å². The smallest absolute Gasteiger partial charge is 0.123 e. The molecule has 0 bridgehead atoms. The molecular formula is C22H27N5O. The minimum Gasteiger partial charge on any atom is -0.494 e. The van der Waals surface area contributed by atoms with Crippen molar-refractivity contribution in [3.8, 4) is 16.9 Å². The summed E-state index contributed by atoms with van der Waals surface area (Å²) in [5.41, 5.74) is 9.27. The average Bonchev–Trinajstić information content (AvgIpc) is 3.22. The van der Waals surface area contributed by atoms with Crippen LogP contribution in [0.25, 0.3) is 11.1 Å². The zero-order valence-electron chi connectivity index (χ0n) is 16.1. The second-order valence-electron chi connectivity index (χ2n) is 7.32. The molecule has 3 heterocycles. The Kier molecular flexibility index (Phi) is 5.87. The van der Waals surface area contributed by atoms with Gasteiger partial charge in [-0.25, -0.2) is 4.98 Å². The number of likely N-dealkylation sites (tertiary alicyclic amines) is 1. The van der Waals surface area contributed by atoms with Crippen LogP contribution in [0.4, 0.5) is 5.82 Å². The van der Waals surface area contributed by atoms with Gasteiger partial charge in [-0.2, -0.15) is 5.10 Å². The molecule has 0 radical (unpaired) electrons. The number of nitrogens with one attached hydrogen (secondary N) is 1. The summed E-state index contributed by atoms with van der Waals surface area (Å²) in [5, 5.41) is 7.55. The van der Waals surface area contributed by atoms with E-state index >= 15 is 0 Å². The van der Waals surface area contributed by atoms with E-state index in [1.165, 1.54) is 18.5 Å². The highest BCUT2D eigenvalue weighted by Gasteiger charge is 2.25. The number of nitrogen functional groups attached to an aromatic ring is 1. The lowest BCUT2D eigenvalue weighted by atomic mass is 9.90. The van der Waals surface area contributed by atoms with Crippen molar-refractivity contribution < 1.29 is 4.74 Å². The Morgan fingerprint density at radius 2 is 2.11 bits per heavy atom.